The van der Waals surface area contributed by atoms with Crippen LogP contribution in [0.4, 0.5) is 0 Å². The summed E-state index contributed by atoms with van der Waals surface area (Å²) in [6.45, 7) is 6.84. The molecule has 0 N–H and O–H groups in total. The number of hydrogen-bond acceptors (Lipinski definition) is 0. The van der Waals surface area contributed by atoms with E-state index in [-0.39, 0.29) is 0 Å². The molecular weight excluding hydrogens is 324 g/mol. The van der Waals surface area contributed by atoms with Crippen LogP contribution in [-0.2, 0) is 0 Å². The standard InChI is InChI=1S/C27H47/c1-4-5-6-7-8-9-10-11-12-13-14-15-16-17-18-19-22-25(2)27-24-21-20-23-26(27)3/h20-21,23-24H,4-19,22H2,1-3H3. The zero-order valence-corrected chi connectivity index (χ0v) is 18.8. The Balaban J connectivity index is 1.81. The van der Waals surface area contributed by atoms with Gasteiger partial charge >= 0.3 is 0 Å². The Morgan fingerprint density at radius 2 is 1.00 bits per heavy atom. The predicted molar refractivity (Wildman–Crippen MR) is 123 cm³/mol. The molecule has 0 saturated heterocycles. The van der Waals surface area contributed by atoms with Crippen LogP contribution in [0, 0.1) is 12.8 Å². The molecule has 0 saturated carbocycles. The van der Waals surface area contributed by atoms with Crippen LogP contribution in [0.2, 0.25) is 0 Å². The molecule has 0 bridgehead atoms. The molecule has 0 heteroatoms. The van der Waals surface area contributed by atoms with E-state index in [1.165, 1.54) is 120 Å². The van der Waals surface area contributed by atoms with E-state index in [1.54, 1.807) is 5.92 Å². The van der Waals surface area contributed by atoms with Gasteiger partial charge < -0.3 is 0 Å². The Hall–Kier alpha value is -0.780. The Kier molecular flexibility index (Phi) is 15.6. The van der Waals surface area contributed by atoms with Gasteiger partial charge in [-0.3, -0.25) is 0 Å². The average Bonchev–Trinajstić information content (AvgIpc) is 2.68. The Morgan fingerprint density at radius 1 is 0.593 bits per heavy atom. The van der Waals surface area contributed by atoms with Gasteiger partial charge in [0.25, 0.3) is 0 Å². The van der Waals surface area contributed by atoms with Crippen molar-refractivity contribution in [3.63, 3.8) is 0 Å². The summed E-state index contributed by atoms with van der Waals surface area (Å²) in [5.41, 5.74) is 2.89. The van der Waals surface area contributed by atoms with Crippen LogP contribution in [0.1, 0.15) is 134 Å². The highest BCUT2D eigenvalue weighted by Crippen LogP contribution is 2.24. The Labute approximate surface area is 171 Å². The molecule has 1 rings (SSSR count). The maximum atomic E-state index is 2.31. The molecule has 0 unspecified atom stereocenters. The van der Waals surface area contributed by atoms with Gasteiger partial charge in [-0.1, -0.05) is 141 Å². The number of aryl methyl sites for hydroxylation is 1. The molecule has 0 nitrogen and oxygen atoms in total. The van der Waals surface area contributed by atoms with Gasteiger partial charge in [0.05, 0.1) is 0 Å². The van der Waals surface area contributed by atoms with Crippen LogP contribution in [0.5, 0.6) is 0 Å². The van der Waals surface area contributed by atoms with Gasteiger partial charge in [-0.15, -0.1) is 0 Å². The van der Waals surface area contributed by atoms with E-state index in [2.05, 4.69) is 45.0 Å². The van der Waals surface area contributed by atoms with Gasteiger partial charge in [0.1, 0.15) is 0 Å². The molecule has 0 aliphatic heterocycles. The zero-order chi connectivity index (χ0) is 19.6. The lowest BCUT2D eigenvalue weighted by atomic mass is 9.91. The van der Waals surface area contributed by atoms with Crippen LogP contribution in [0.25, 0.3) is 0 Å². The fraction of sp³-hybridized carbons (Fsp3) is 0.741. The summed E-state index contributed by atoms with van der Waals surface area (Å²) < 4.78 is 0. The zero-order valence-electron chi connectivity index (χ0n) is 18.8. The summed E-state index contributed by atoms with van der Waals surface area (Å²) in [7, 11) is 0. The summed E-state index contributed by atoms with van der Waals surface area (Å²) in [6.07, 6.45) is 24.4. The van der Waals surface area contributed by atoms with Crippen molar-refractivity contribution in [1.82, 2.24) is 0 Å². The molecule has 0 spiro atoms. The van der Waals surface area contributed by atoms with Crippen molar-refractivity contribution in [2.24, 2.45) is 0 Å². The van der Waals surface area contributed by atoms with Crippen LogP contribution < -0.4 is 0 Å². The lowest BCUT2D eigenvalue weighted by molar-refractivity contribution is 0.528. The van der Waals surface area contributed by atoms with Crippen LogP contribution in [-0.4, -0.2) is 0 Å². The minimum atomic E-state index is 1.27. The normalized spacial score (nSPS) is 11.4. The molecule has 0 amide bonds. The fourth-order valence-corrected chi connectivity index (χ4v) is 4.12. The van der Waals surface area contributed by atoms with Crippen LogP contribution >= 0.6 is 0 Å². The van der Waals surface area contributed by atoms with E-state index in [4.69, 9.17) is 0 Å². The van der Waals surface area contributed by atoms with Gasteiger partial charge in [0.15, 0.2) is 0 Å². The molecule has 155 valence electrons. The van der Waals surface area contributed by atoms with Crippen molar-refractivity contribution in [3.05, 3.63) is 41.3 Å². The minimum Gasteiger partial charge on any atom is -0.0654 e. The molecule has 0 fully saturated rings. The SMILES string of the molecule is CCCCCCCCCCCCCCCCCC[C](C)c1ccccc1C. The van der Waals surface area contributed by atoms with Gasteiger partial charge in [-0.25, -0.2) is 0 Å². The monoisotopic (exact) mass is 371 g/mol. The molecule has 1 aromatic rings. The second-order valence-corrected chi connectivity index (χ2v) is 8.65. The third kappa shape index (κ3) is 13.1. The smallest absolute Gasteiger partial charge is 0.00216 e. The first-order valence-corrected chi connectivity index (χ1v) is 12.1. The third-order valence-electron chi connectivity index (χ3n) is 6.01. The number of unbranched alkanes of at least 4 members (excludes halogenated alkanes) is 15. The van der Waals surface area contributed by atoms with Crippen molar-refractivity contribution in [1.29, 1.82) is 0 Å². The minimum absolute atomic E-state index is 1.27. The van der Waals surface area contributed by atoms with Crippen molar-refractivity contribution in [3.8, 4) is 0 Å². The fourth-order valence-electron chi connectivity index (χ4n) is 4.12. The summed E-state index contributed by atoms with van der Waals surface area (Å²) in [4.78, 5) is 0. The lowest BCUT2D eigenvalue weighted by Gasteiger charge is -2.13. The predicted octanol–water partition coefficient (Wildman–Crippen LogP) is 9.59. The van der Waals surface area contributed by atoms with Crippen LogP contribution in [0.3, 0.4) is 0 Å². The average molecular weight is 372 g/mol. The van der Waals surface area contributed by atoms with Crippen molar-refractivity contribution in [2.75, 3.05) is 0 Å². The van der Waals surface area contributed by atoms with E-state index in [0.29, 0.717) is 0 Å². The highest BCUT2D eigenvalue weighted by atomic mass is 14.1. The first-order valence-electron chi connectivity index (χ1n) is 12.1. The molecular formula is C27H47. The topological polar surface area (TPSA) is 0 Å². The third-order valence-corrected chi connectivity index (χ3v) is 6.01. The molecule has 0 heterocycles. The second kappa shape index (κ2) is 17.3. The highest BCUT2D eigenvalue weighted by molar-refractivity contribution is 5.36. The number of benzene rings is 1. The van der Waals surface area contributed by atoms with Crippen molar-refractivity contribution >= 4 is 0 Å². The van der Waals surface area contributed by atoms with Gasteiger partial charge in [0.2, 0.25) is 0 Å². The molecule has 0 aliphatic carbocycles. The molecule has 0 atom stereocenters. The van der Waals surface area contributed by atoms with Crippen LogP contribution in [0.15, 0.2) is 24.3 Å². The van der Waals surface area contributed by atoms with Gasteiger partial charge in [-0.2, -0.15) is 0 Å². The summed E-state index contributed by atoms with van der Waals surface area (Å²) >= 11 is 0. The summed E-state index contributed by atoms with van der Waals surface area (Å²) in [5, 5.41) is 0. The van der Waals surface area contributed by atoms with Gasteiger partial charge in [0, 0.05) is 5.92 Å². The first-order chi connectivity index (χ1) is 13.3. The Morgan fingerprint density at radius 3 is 1.44 bits per heavy atom. The number of rotatable bonds is 18. The molecule has 27 heavy (non-hydrogen) atoms. The quantitative estimate of drug-likeness (QED) is 0.225. The van der Waals surface area contributed by atoms with E-state index in [1.807, 2.05) is 0 Å². The van der Waals surface area contributed by atoms with Crippen molar-refractivity contribution in [2.45, 2.75) is 130 Å². The number of hydrogen-bond donors (Lipinski definition) is 0. The van der Waals surface area contributed by atoms with E-state index >= 15 is 0 Å². The second-order valence-electron chi connectivity index (χ2n) is 8.65. The van der Waals surface area contributed by atoms with E-state index < -0.39 is 0 Å². The first kappa shape index (κ1) is 24.3. The maximum Gasteiger partial charge on any atom is 0.00216 e. The van der Waals surface area contributed by atoms with Gasteiger partial charge in [-0.05, 0) is 24.5 Å². The van der Waals surface area contributed by atoms with E-state index in [9.17, 15) is 0 Å². The van der Waals surface area contributed by atoms with Crippen molar-refractivity contribution < 1.29 is 0 Å². The van der Waals surface area contributed by atoms with E-state index in [0.717, 1.165) is 0 Å². The Bertz CT molecular complexity index is 433. The maximum absolute atomic E-state index is 2.31. The molecule has 1 radical (unpaired) electrons. The molecule has 0 aromatic heterocycles. The largest absolute Gasteiger partial charge is 0.0654 e. The molecule has 0 aliphatic rings. The molecule has 1 aromatic carbocycles. The summed E-state index contributed by atoms with van der Waals surface area (Å²) in [5.74, 6) is 1.57. The summed E-state index contributed by atoms with van der Waals surface area (Å²) in [6, 6.07) is 8.81. The lowest BCUT2D eigenvalue weighted by Crippen LogP contribution is -1.97. The highest BCUT2D eigenvalue weighted by Gasteiger charge is 2.07.